The summed E-state index contributed by atoms with van der Waals surface area (Å²) in [5, 5.41) is 8.96. The van der Waals surface area contributed by atoms with Gasteiger partial charge >= 0.3 is 12.3 Å². The molecule has 0 aliphatic carbocycles. The second-order valence-electron chi connectivity index (χ2n) is 19.8. The Balaban J connectivity index is 0.000000229. The molecule has 0 unspecified atom stereocenters. The molecule has 24 heteroatoms. The number of hydrogen-bond donors (Lipinski definition) is 7. The van der Waals surface area contributed by atoms with Gasteiger partial charge in [0.05, 0.1) is 12.1 Å². The SMILES string of the molecule is CC(C)c1ccnc(NC(=O)c2ccc(-c3nc([C@@H]4CCCN4)n(N)c3C(N)=O)cc2)c1.CC(C)c1ccnc(NC(=O)c2ccc(-c3nc([C@@H]4CCCN4C(=O)OC(C)(C)C)n(N)c3C(N)=O)cc2)c1.O=CC(F)(F)F. The largest absolute Gasteiger partial charge is 0.446 e. The minimum absolute atomic E-state index is 0.00735. The lowest BCUT2D eigenvalue weighted by Crippen LogP contribution is -2.38. The summed E-state index contributed by atoms with van der Waals surface area (Å²) in [6.45, 7) is 15.0. The zero-order valence-electron chi connectivity index (χ0n) is 43.6. The average Bonchev–Trinajstić information content (AvgIpc) is 4.21. The Morgan fingerprint density at radius 1 is 0.701 bits per heavy atom. The summed E-state index contributed by atoms with van der Waals surface area (Å²) >= 11 is 0. The predicted molar refractivity (Wildman–Crippen MR) is 282 cm³/mol. The Morgan fingerprint density at radius 3 is 1.53 bits per heavy atom. The van der Waals surface area contributed by atoms with E-state index in [1.165, 1.54) is 4.68 Å². The molecule has 6 aromatic rings. The number of alkyl halides is 3. The smallest absolute Gasteiger partial charge is 0.444 e. The van der Waals surface area contributed by atoms with Crippen molar-refractivity contribution < 1.29 is 46.7 Å². The molecular formula is C53H63F3N14O7. The lowest BCUT2D eigenvalue weighted by Gasteiger charge is -2.28. The Morgan fingerprint density at radius 2 is 1.14 bits per heavy atom. The molecule has 0 saturated carbocycles. The van der Waals surface area contributed by atoms with E-state index < -0.39 is 42.0 Å². The number of amides is 5. The monoisotopic (exact) mass is 1060 g/mol. The Hall–Kier alpha value is -8.67. The first-order valence-electron chi connectivity index (χ1n) is 24.6. The Labute approximate surface area is 442 Å². The number of carbonyl (C=O) groups is 6. The van der Waals surface area contributed by atoms with Gasteiger partial charge in [-0.15, -0.1) is 0 Å². The van der Waals surface area contributed by atoms with E-state index in [4.69, 9.17) is 32.7 Å². The number of aldehydes is 1. The molecule has 6 heterocycles. The molecule has 8 rings (SSSR count). The van der Waals surface area contributed by atoms with Crippen molar-refractivity contribution in [2.24, 2.45) is 11.5 Å². The van der Waals surface area contributed by atoms with Crippen molar-refractivity contribution in [2.45, 2.75) is 110 Å². The van der Waals surface area contributed by atoms with Crippen LogP contribution < -0.4 is 39.1 Å². The number of primary amides is 2. The number of nitrogen functional groups attached to an aromatic ring is 2. The van der Waals surface area contributed by atoms with Gasteiger partial charge < -0.3 is 43.8 Å². The van der Waals surface area contributed by atoms with Crippen LogP contribution in [0.15, 0.2) is 85.2 Å². The molecule has 2 fully saturated rings. The maximum Gasteiger partial charge on any atom is 0.446 e. The first-order valence-corrected chi connectivity index (χ1v) is 24.6. The quantitative estimate of drug-likeness (QED) is 0.0461. The zero-order chi connectivity index (χ0) is 56.5. The van der Waals surface area contributed by atoms with Crippen molar-refractivity contribution in [1.29, 1.82) is 0 Å². The molecule has 4 aromatic heterocycles. The number of carbonyl (C=O) groups excluding carboxylic acids is 6. The molecule has 2 aliphatic rings. The molecule has 2 aliphatic heterocycles. The normalized spacial score (nSPS) is 15.2. The molecule has 77 heavy (non-hydrogen) atoms. The lowest BCUT2D eigenvalue weighted by molar-refractivity contribution is -0.156. The number of benzene rings is 2. The van der Waals surface area contributed by atoms with Crippen LogP contribution >= 0.6 is 0 Å². The molecule has 11 N–H and O–H groups in total. The molecule has 408 valence electrons. The van der Waals surface area contributed by atoms with E-state index in [0.29, 0.717) is 76.0 Å². The van der Waals surface area contributed by atoms with E-state index in [2.05, 4.69) is 63.6 Å². The fraction of sp³-hybridized carbons (Fsp3) is 0.358. The van der Waals surface area contributed by atoms with Gasteiger partial charge in [0.25, 0.3) is 23.6 Å². The summed E-state index contributed by atoms with van der Waals surface area (Å²) in [5.41, 5.74) is 15.6. The topological polar surface area (TPSA) is 316 Å². The Kier molecular flexibility index (Phi) is 18.2. The third-order valence-corrected chi connectivity index (χ3v) is 12.3. The van der Waals surface area contributed by atoms with E-state index in [1.807, 2.05) is 24.3 Å². The highest BCUT2D eigenvalue weighted by atomic mass is 19.4. The number of pyridine rings is 2. The van der Waals surface area contributed by atoms with Crippen LogP contribution in [0.3, 0.4) is 0 Å². The van der Waals surface area contributed by atoms with Crippen LogP contribution in [-0.2, 0) is 9.53 Å². The van der Waals surface area contributed by atoms with Crippen molar-refractivity contribution in [3.05, 3.63) is 130 Å². The van der Waals surface area contributed by atoms with E-state index >= 15 is 0 Å². The number of rotatable bonds is 12. The highest BCUT2D eigenvalue weighted by Gasteiger charge is 2.38. The van der Waals surface area contributed by atoms with E-state index in [0.717, 1.165) is 41.6 Å². The van der Waals surface area contributed by atoms with Crippen LogP contribution in [-0.4, -0.2) is 95.1 Å². The summed E-state index contributed by atoms with van der Waals surface area (Å²) < 4.78 is 39.2. The average molecular weight is 1070 g/mol. The number of ether oxygens (including phenoxy) is 1. The first-order chi connectivity index (χ1) is 36.3. The van der Waals surface area contributed by atoms with Crippen molar-refractivity contribution in [3.63, 3.8) is 0 Å². The van der Waals surface area contributed by atoms with Gasteiger partial charge in [-0.1, -0.05) is 52.0 Å². The van der Waals surface area contributed by atoms with Crippen molar-refractivity contribution in [1.82, 2.24) is 39.5 Å². The van der Waals surface area contributed by atoms with Gasteiger partial charge in [0.2, 0.25) is 6.29 Å². The number of halogens is 3. The maximum absolute atomic E-state index is 12.8. The second-order valence-corrected chi connectivity index (χ2v) is 19.8. The number of hydrogen-bond acceptors (Lipinski definition) is 14. The molecule has 2 saturated heterocycles. The first kappa shape index (κ1) is 57.6. The van der Waals surface area contributed by atoms with Crippen LogP contribution in [0.4, 0.5) is 29.6 Å². The van der Waals surface area contributed by atoms with Crippen LogP contribution in [0, 0.1) is 0 Å². The van der Waals surface area contributed by atoms with Gasteiger partial charge in [-0.25, -0.2) is 34.1 Å². The molecule has 21 nitrogen and oxygen atoms in total. The van der Waals surface area contributed by atoms with E-state index in [-0.39, 0.29) is 34.9 Å². The lowest BCUT2D eigenvalue weighted by atomic mass is 10.0. The van der Waals surface area contributed by atoms with Crippen LogP contribution in [0.2, 0.25) is 0 Å². The molecule has 2 atom stereocenters. The molecular weight excluding hydrogens is 1000 g/mol. The van der Waals surface area contributed by atoms with Crippen LogP contribution in [0.5, 0.6) is 0 Å². The summed E-state index contributed by atoms with van der Waals surface area (Å²) in [6.07, 6.45) is 0.404. The van der Waals surface area contributed by atoms with Crippen molar-refractivity contribution in [2.75, 3.05) is 35.4 Å². The fourth-order valence-electron chi connectivity index (χ4n) is 8.42. The molecule has 0 radical (unpaired) electrons. The van der Waals surface area contributed by atoms with Gasteiger partial charge in [-0.3, -0.25) is 28.9 Å². The molecule has 5 amide bonds. The molecule has 0 spiro atoms. The zero-order valence-corrected chi connectivity index (χ0v) is 43.6. The van der Waals surface area contributed by atoms with Gasteiger partial charge in [0, 0.05) is 41.2 Å². The third-order valence-electron chi connectivity index (χ3n) is 12.3. The van der Waals surface area contributed by atoms with Crippen molar-refractivity contribution >= 4 is 47.6 Å². The highest BCUT2D eigenvalue weighted by Crippen LogP contribution is 2.36. The molecule has 0 bridgehead atoms. The summed E-state index contributed by atoms with van der Waals surface area (Å²) in [6, 6.07) is 20.4. The van der Waals surface area contributed by atoms with Gasteiger partial charge in [-0.05, 0) is 124 Å². The van der Waals surface area contributed by atoms with Crippen molar-refractivity contribution in [3.8, 4) is 22.5 Å². The number of nitrogens with zero attached hydrogens (tertiary/aromatic N) is 7. The van der Waals surface area contributed by atoms with Crippen LogP contribution in [0.25, 0.3) is 22.5 Å². The number of nitrogens with one attached hydrogen (secondary N) is 3. The number of anilines is 2. The fourth-order valence-corrected chi connectivity index (χ4v) is 8.42. The minimum atomic E-state index is -4.64. The van der Waals surface area contributed by atoms with E-state index in [1.54, 1.807) is 86.6 Å². The summed E-state index contributed by atoms with van der Waals surface area (Å²) in [4.78, 5) is 90.8. The van der Waals surface area contributed by atoms with Crippen LogP contribution in [0.1, 0.15) is 163 Å². The minimum Gasteiger partial charge on any atom is -0.444 e. The Bertz CT molecular complexity index is 3110. The summed E-state index contributed by atoms with van der Waals surface area (Å²) in [5.74, 6) is 13.0. The second kappa shape index (κ2) is 24.3. The summed E-state index contributed by atoms with van der Waals surface area (Å²) in [7, 11) is 0. The number of aromatic nitrogens is 6. The number of likely N-dealkylation sites (tertiary alicyclic amines) is 1. The highest BCUT2D eigenvalue weighted by molar-refractivity contribution is 6.05. The molecule has 2 aromatic carbocycles. The standard InChI is InChI=1S/C28H35N7O4.C23H27N7O2.C2HF3O/c1-16(2)19-12-13-31-21(15-19)32-26(37)18-10-8-17(9-11-18)22-23(24(29)36)35(30)25(33-22)20-7-6-14-34(20)27(38)39-28(3,4)5;1-13(2)16-9-11-27-18(12-16)28-23(32)15-7-5-14(6-8-15)19-20(21(24)31)30(25)22(29-19)17-4-3-10-26-17;3-2(4,5)1-6/h8-13,15-16,20H,6-7,14,30H2,1-5H3,(H2,29,36)(H,31,32,37);5-9,11-13,17,26H,3-4,10,25H2,1-2H3,(H2,24,31)(H,27,28,32);1H/t20-;17-;/m00./s1. The van der Waals surface area contributed by atoms with E-state index in [9.17, 15) is 37.1 Å². The maximum atomic E-state index is 12.8. The van der Waals surface area contributed by atoms with Gasteiger partial charge in [0.1, 0.15) is 34.4 Å². The van der Waals surface area contributed by atoms with Gasteiger partial charge in [0.15, 0.2) is 17.2 Å². The predicted octanol–water partition coefficient (Wildman–Crippen LogP) is 7.51. The number of imidazole rings is 2. The van der Waals surface area contributed by atoms with Gasteiger partial charge in [-0.2, -0.15) is 13.2 Å². The third kappa shape index (κ3) is 14.6. The number of nitrogens with two attached hydrogens (primary N) is 4.